The van der Waals surface area contributed by atoms with Crippen LogP contribution in [0.5, 0.6) is 5.75 Å². The maximum Gasteiger partial charge on any atom is 0.171 e. The van der Waals surface area contributed by atoms with E-state index in [4.69, 9.17) is 4.74 Å². The number of piperidine rings is 1. The number of anilines is 2. The highest BCUT2D eigenvalue weighted by molar-refractivity contribution is 5.61. The number of hydrogen-bond donors (Lipinski definition) is 0. The molecule has 0 amide bonds. The van der Waals surface area contributed by atoms with Crippen LogP contribution in [0.1, 0.15) is 12.8 Å². The van der Waals surface area contributed by atoms with Crippen molar-refractivity contribution in [1.82, 2.24) is 15.0 Å². The quantitative estimate of drug-likeness (QED) is 0.860. The monoisotopic (exact) mass is 299 g/mol. The van der Waals surface area contributed by atoms with E-state index >= 15 is 0 Å². The van der Waals surface area contributed by atoms with Crippen molar-refractivity contribution in [2.24, 2.45) is 0 Å². The van der Waals surface area contributed by atoms with Gasteiger partial charge in [0.1, 0.15) is 11.9 Å². The molecule has 6 heteroatoms. The van der Waals surface area contributed by atoms with Crippen LogP contribution in [0.25, 0.3) is 0 Å². The lowest BCUT2D eigenvalue weighted by atomic mass is 10.1. The summed E-state index contributed by atoms with van der Waals surface area (Å²) in [4.78, 5) is 17.2. The van der Waals surface area contributed by atoms with Crippen molar-refractivity contribution in [2.45, 2.75) is 18.9 Å². The third-order valence-electron chi connectivity index (χ3n) is 3.78. The average molecular weight is 299 g/mol. The summed E-state index contributed by atoms with van der Waals surface area (Å²) in [5.74, 6) is 2.76. The Morgan fingerprint density at radius 1 is 1.05 bits per heavy atom. The van der Waals surface area contributed by atoms with E-state index in [2.05, 4.69) is 19.9 Å². The predicted octanol–water partition coefficient (Wildman–Crippen LogP) is 1.99. The number of hydrogen-bond acceptors (Lipinski definition) is 6. The summed E-state index contributed by atoms with van der Waals surface area (Å²) in [5, 5.41) is 0. The Morgan fingerprint density at radius 3 is 2.41 bits per heavy atom. The molecule has 1 fully saturated rings. The van der Waals surface area contributed by atoms with Crippen LogP contribution in [-0.2, 0) is 0 Å². The van der Waals surface area contributed by atoms with E-state index in [1.807, 2.05) is 31.1 Å². The van der Waals surface area contributed by atoms with Crippen LogP contribution in [0, 0.1) is 0 Å². The molecule has 1 saturated heterocycles. The van der Waals surface area contributed by atoms with Gasteiger partial charge in [-0.2, -0.15) is 0 Å². The summed E-state index contributed by atoms with van der Waals surface area (Å²) >= 11 is 0. The zero-order valence-electron chi connectivity index (χ0n) is 13.0. The topological polar surface area (TPSA) is 54.4 Å². The van der Waals surface area contributed by atoms with Crippen molar-refractivity contribution in [2.75, 3.05) is 37.0 Å². The molecule has 0 atom stereocenters. The summed E-state index contributed by atoms with van der Waals surface area (Å²) in [7, 11) is 3.99. The first kappa shape index (κ1) is 14.6. The second-order valence-electron chi connectivity index (χ2n) is 5.59. The van der Waals surface area contributed by atoms with Crippen molar-refractivity contribution in [3.05, 3.63) is 36.9 Å². The van der Waals surface area contributed by atoms with Gasteiger partial charge in [0.2, 0.25) is 0 Å². The molecule has 1 aliphatic heterocycles. The van der Waals surface area contributed by atoms with Crippen LogP contribution in [0.4, 0.5) is 11.6 Å². The first-order valence-electron chi connectivity index (χ1n) is 7.54. The first-order chi connectivity index (χ1) is 10.7. The highest BCUT2D eigenvalue weighted by atomic mass is 16.5. The van der Waals surface area contributed by atoms with Crippen LogP contribution in [0.2, 0.25) is 0 Å². The molecule has 6 nitrogen and oxygen atoms in total. The lowest BCUT2D eigenvalue weighted by Crippen LogP contribution is -2.39. The lowest BCUT2D eigenvalue weighted by molar-refractivity contribution is 0.170. The maximum absolute atomic E-state index is 6.00. The molecule has 1 aliphatic rings. The van der Waals surface area contributed by atoms with Gasteiger partial charge in [-0.1, -0.05) is 0 Å². The van der Waals surface area contributed by atoms with E-state index < -0.39 is 0 Å². The van der Waals surface area contributed by atoms with Gasteiger partial charge in [0.05, 0.1) is 0 Å². The van der Waals surface area contributed by atoms with E-state index in [9.17, 15) is 0 Å². The fourth-order valence-electron chi connectivity index (χ4n) is 2.66. The summed E-state index contributed by atoms with van der Waals surface area (Å²) in [6.07, 6.45) is 9.20. The van der Waals surface area contributed by atoms with Gasteiger partial charge >= 0.3 is 0 Å². The second kappa shape index (κ2) is 6.60. The van der Waals surface area contributed by atoms with Crippen molar-refractivity contribution in [1.29, 1.82) is 0 Å². The molecule has 0 spiro atoms. The predicted molar refractivity (Wildman–Crippen MR) is 86.5 cm³/mol. The minimum absolute atomic E-state index is 0.248. The minimum atomic E-state index is 0.248. The van der Waals surface area contributed by atoms with E-state index in [1.54, 1.807) is 24.8 Å². The molecule has 0 unspecified atom stereocenters. The van der Waals surface area contributed by atoms with Gasteiger partial charge in [0.15, 0.2) is 11.6 Å². The van der Waals surface area contributed by atoms with E-state index in [-0.39, 0.29) is 6.10 Å². The summed E-state index contributed by atoms with van der Waals surface area (Å²) in [6, 6.07) is 3.80. The smallest absolute Gasteiger partial charge is 0.171 e. The van der Waals surface area contributed by atoms with Crippen LogP contribution < -0.4 is 14.5 Å². The van der Waals surface area contributed by atoms with Gasteiger partial charge in [-0.3, -0.25) is 4.98 Å². The summed E-state index contributed by atoms with van der Waals surface area (Å²) in [6.45, 7) is 1.85. The zero-order chi connectivity index (χ0) is 15.4. The molecule has 0 radical (unpaired) electrons. The Morgan fingerprint density at radius 2 is 1.73 bits per heavy atom. The molecular weight excluding hydrogens is 278 g/mol. The van der Waals surface area contributed by atoms with Crippen molar-refractivity contribution >= 4 is 11.6 Å². The highest BCUT2D eigenvalue weighted by Gasteiger charge is 2.24. The molecule has 2 aromatic heterocycles. The molecule has 2 aromatic rings. The molecule has 0 N–H and O–H groups in total. The fraction of sp³-hybridized carbons (Fsp3) is 0.438. The van der Waals surface area contributed by atoms with Gasteiger partial charge in [-0.05, 0) is 12.1 Å². The molecule has 0 saturated carbocycles. The summed E-state index contributed by atoms with van der Waals surface area (Å²) < 4.78 is 6.00. The Bertz CT molecular complexity index is 596. The van der Waals surface area contributed by atoms with Crippen LogP contribution >= 0.6 is 0 Å². The number of rotatable bonds is 4. The van der Waals surface area contributed by atoms with E-state index in [0.29, 0.717) is 0 Å². The van der Waals surface area contributed by atoms with E-state index in [0.717, 1.165) is 43.3 Å². The summed E-state index contributed by atoms with van der Waals surface area (Å²) in [5.41, 5.74) is 0. The number of ether oxygens (including phenoxy) is 1. The van der Waals surface area contributed by atoms with Gasteiger partial charge in [0.25, 0.3) is 0 Å². The molecular formula is C16H21N5O. The Labute approximate surface area is 130 Å². The van der Waals surface area contributed by atoms with Crippen molar-refractivity contribution in [3.8, 4) is 5.75 Å². The third-order valence-corrected chi connectivity index (χ3v) is 3.78. The number of aromatic nitrogens is 3. The van der Waals surface area contributed by atoms with Crippen molar-refractivity contribution in [3.63, 3.8) is 0 Å². The Hall–Kier alpha value is -2.37. The van der Waals surface area contributed by atoms with E-state index in [1.165, 1.54) is 0 Å². The molecule has 0 bridgehead atoms. The van der Waals surface area contributed by atoms with Crippen LogP contribution in [0.15, 0.2) is 36.9 Å². The second-order valence-corrected chi connectivity index (χ2v) is 5.59. The molecule has 0 aliphatic carbocycles. The number of pyridine rings is 1. The average Bonchev–Trinajstić information content (AvgIpc) is 2.56. The normalized spacial score (nSPS) is 15.6. The zero-order valence-corrected chi connectivity index (χ0v) is 13.0. The van der Waals surface area contributed by atoms with Gasteiger partial charge < -0.3 is 14.5 Å². The lowest BCUT2D eigenvalue weighted by Gasteiger charge is -2.34. The largest absolute Gasteiger partial charge is 0.490 e. The molecule has 0 aromatic carbocycles. The highest BCUT2D eigenvalue weighted by Crippen LogP contribution is 2.26. The third kappa shape index (κ3) is 3.27. The molecule has 3 heterocycles. The van der Waals surface area contributed by atoms with Gasteiger partial charge in [-0.25, -0.2) is 9.97 Å². The maximum atomic E-state index is 6.00. The molecule has 22 heavy (non-hydrogen) atoms. The molecule has 3 rings (SSSR count). The Kier molecular flexibility index (Phi) is 4.37. The fourth-order valence-corrected chi connectivity index (χ4v) is 2.66. The van der Waals surface area contributed by atoms with Crippen molar-refractivity contribution < 1.29 is 4.74 Å². The number of nitrogens with zero attached hydrogens (tertiary/aromatic N) is 5. The SMILES string of the molecule is CN(C)c1nccnc1N1CCC(Oc2ccncc2)CC1. The Balaban J connectivity index is 1.62. The van der Waals surface area contributed by atoms with Gasteiger partial charge in [-0.15, -0.1) is 0 Å². The first-order valence-corrected chi connectivity index (χ1v) is 7.54. The van der Waals surface area contributed by atoms with Gasteiger partial charge in [0, 0.05) is 64.8 Å². The standard InChI is InChI=1S/C16H21N5O/c1-20(2)15-16(19-10-9-18-15)21-11-5-14(6-12-21)22-13-3-7-17-8-4-13/h3-4,7-10,14H,5-6,11-12H2,1-2H3. The van der Waals surface area contributed by atoms with Crippen LogP contribution in [0.3, 0.4) is 0 Å². The minimum Gasteiger partial charge on any atom is -0.490 e. The molecule has 116 valence electrons. The van der Waals surface area contributed by atoms with Crippen LogP contribution in [-0.4, -0.2) is 48.2 Å².